The molecule has 0 radical (unpaired) electrons. The van der Waals surface area contributed by atoms with Crippen LogP contribution in [0.25, 0.3) is 0 Å². The third kappa shape index (κ3) is 2.29. The van der Waals surface area contributed by atoms with Crippen molar-refractivity contribution < 1.29 is 5.11 Å². The lowest BCUT2D eigenvalue weighted by atomic mass is 10.1. The van der Waals surface area contributed by atoms with E-state index in [9.17, 15) is 5.11 Å². The number of pyridine rings is 1. The lowest BCUT2D eigenvalue weighted by Gasteiger charge is -2.31. The van der Waals surface area contributed by atoms with Gasteiger partial charge in [0.05, 0.1) is 6.10 Å². The molecule has 2 unspecified atom stereocenters. The first-order valence-electron chi connectivity index (χ1n) is 6.56. The van der Waals surface area contributed by atoms with Crippen molar-refractivity contribution in [3.8, 4) is 0 Å². The molecule has 2 heterocycles. The van der Waals surface area contributed by atoms with Gasteiger partial charge in [-0.2, -0.15) is 0 Å². The molecule has 0 bridgehead atoms. The summed E-state index contributed by atoms with van der Waals surface area (Å²) in [7, 11) is 0. The van der Waals surface area contributed by atoms with Crippen LogP contribution >= 0.6 is 0 Å². The molecule has 3 heteroatoms. The van der Waals surface area contributed by atoms with Crippen LogP contribution in [0.4, 0.5) is 5.82 Å². The number of aliphatic hydroxyl groups excluding tert-OH is 1. The molecule has 3 atom stereocenters. The molecule has 0 spiro atoms. The molecular weight excluding hydrogens is 212 g/mol. The predicted octanol–water partition coefficient (Wildman–Crippen LogP) is 2.90. The third-order valence-corrected chi connectivity index (χ3v) is 3.77. The molecule has 0 amide bonds. The minimum atomic E-state index is -0.455. The van der Waals surface area contributed by atoms with Crippen LogP contribution < -0.4 is 4.90 Å². The van der Waals surface area contributed by atoms with Gasteiger partial charge in [-0.3, -0.25) is 0 Å². The zero-order valence-electron chi connectivity index (χ0n) is 10.9. The van der Waals surface area contributed by atoms with Crippen LogP contribution in [0.2, 0.25) is 0 Å². The molecule has 1 aromatic rings. The summed E-state index contributed by atoms with van der Waals surface area (Å²) >= 11 is 0. The Morgan fingerprint density at radius 2 is 2.29 bits per heavy atom. The number of nitrogens with zero attached hydrogens (tertiary/aromatic N) is 2. The largest absolute Gasteiger partial charge is 0.389 e. The van der Waals surface area contributed by atoms with Gasteiger partial charge in [-0.25, -0.2) is 4.98 Å². The summed E-state index contributed by atoms with van der Waals surface area (Å²) in [6.45, 7) is 6.28. The summed E-state index contributed by atoms with van der Waals surface area (Å²) in [5, 5.41) is 9.84. The molecular formula is C14H22N2O. The Morgan fingerprint density at radius 3 is 2.94 bits per heavy atom. The number of hydrogen-bond donors (Lipinski definition) is 1. The Balaban J connectivity index is 2.38. The van der Waals surface area contributed by atoms with E-state index in [0.717, 1.165) is 17.8 Å². The van der Waals surface area contributed by atoms with E-state index in [0.29, 0.717) is 12.1 Å². The summed E-state index contributed by atoms with van der Waals surface area (Å²) in [6.07, 6.45) is 4.95. The van der Waals surface area contributed by atoms with Crippen LogP contribution in [0.1, 0.15) is 51.7 Å². The van der Waals surface area contributed by atoms with Crippen LogP contribution in [0.5, 0.6) is 0 Å². The van der Waals surface area contributed by atoms with Crippen LogP contribution in [-0.2, 0) is 0 Å². The van der Waals surface area contributed by atoms with Crippen LogP contribution in [-0.4, -0.2) is 22.2 Å². The fourth-order valence-corrected chi connectivity index (χ4v) is 2.81. The zero-order valence-corrected chi connectivity index (χ0v) is 10.9. The van der Waals surface area contributed by atoms with Crippen molar-refractivity contribution in [3.05, 3.63) is 23.9 Å². The highest BCUT2D eigenvalue weighted by Gasteiger charge is 2.32. The minimum Gasteiger partial charge on any atom is -0.389 e. The van der Waals surface area contributed by atoms with E-state index in [1.54, 1.807) is 0 Å². The van der Waals surface area contributed by atoms with Gasteiger partial charge in [-0.15, -0.1) is 0 Å². The Bertz CT molecular complexity index is 378. The standard InChI is InChI=1S/C14H22N2O/c1-4-12-8-7-10(2)16(12)14-13(11(3)17)6-5-9-15-14/h5-6,9-12,17H,4,7-8H2,1-3H3/t10?,11-,12?/m1/s1. The van der Waals surface area contributed by atoms with Gasteiger partial charge in [0.15, 0.2) is 0 Å². The fraction of sp³-hybridized carbons (Fsp3) is 0.643. The summed E-state index contributed by atoms with van der Waals surface area (Å²) in [5.41, 5.74) is 0.944. The maximum absolute atomic E-state index is 9.84. The summed E-state index contributed by atoms with van der Waals surface area (Å²) < 4.78 is 0. The number of aliphatic hydroxyl groups is 1. The first-order valence-corrected chi connectivity index (χ1v) is 6.56. The molecule has 3 nitrogen and oxygen atoms in total. The van der Waals surface area contributed by atoms with Crippen LogP contribution in [0.3, 0.4) is 0 Å². The normalized spacial score (nSPS) is 26.2. The number of hydrogen-bond acceptors (Lipinski definition) is 3. The van der Waals surface area contributed by atoms with Gasteiger partial charge in [-0.05, 0) is 39.2 Å². The van der Waals surface area contributed by atoms with E-state index in [4.69, 9.17) is 0 Å². The van der Waals surface area contributed by atoms with Crippen molar-refractivity contribution in [2.24, 2.45) is 0 Å². The maximum atomic E-state index is 9.84. The van der Waals surface area contributed by atoms with Gasteiger partial charge in [0, 0.05) is 23.8 Å². The molecule has 1 fully saturated rings. The van der Waals surface area contributed by atoms with E-state index < -0.39 is 6.10 Å². The van der Waals surface area contributed by atoms with Gasteiger partial charge >= 0.3 is 0 Å². The molecule has 0 saturated carbocycles. The Labute approximate surface area is 103 Å². The van der Waals surface area contributed by atoms with Crippen molar-refractivity contribution >= 4 is 5.82 Å². The van der Waals surface area contributed by atoms with Gasteiger partial charge in [0.1, 0.15) is 5.82 Å². The van der Waals surface area contributed by atoms with E-state index in [2.05, 4.69) is 23.7 Å². The Hall–Kier alpha value is -1.09. The lowest BCUT2D eigenvalue weighted by Crippen LogP contribution is -2.35. The number of rotatable bonds is 3. The maximum Gasteiger partial charge on any atom is 0.134 e. The van der Waals surface area contributed by atoms with Gasteiger partial charge < -0.3 is 10.0 Å². The highest BCUT2D eigenvalue weighted by Crippen LogP contribution is 2.34. The summed E-state index contributed by atoms with van der Waals surface area (Å²) in [4.78, 5) is 6.89. The molecule has 0 aliphatic carbocycles. The molecule has 1 aliphatic heterocycles. The fourth-order valence-electron chi connectivity index (χ4n) is 2.81. The third-order valence-electron chi connectivity index (χ3n) is 3.77. The van der Waals surface area contributed by atoms with Gasteiger partial charge in [0.2, 0.25) is 0 Å². The van der Waals surface area contributed by atoms with E-state index in [1.165, 1.54) is 12.8 Å². The van der Waals surface area contributed by atoms with Crippen molar-refractivity contribution in [3.63, 3.8) is 0 Å². The van der Waals surface area contributed by atoms with Gasteiger partial charge in [-0.1, -0.05) is 13.0 Å². The van der Waals surface area contributed by atoms with Crippen molar-refractivity contribution in [2.75, 3.05) is 4.90 Å². The molecule has 1 aromatic heterocycles. The smallest absolute Gasteiger partial charge is 0.134 e. The first-order chi connectivity index (χ1) is 8.15. The lowest BCUT2D eigenvalue weighted by molar-refractivity contribution is 0.199. The zero-order chi connectivity index (χ0) is 12.4. The summed E-state index contributed by atoms with van der Waals surface area (Å²) in [6, 6.07) is 4.96. The minimum absolute atomic E-state index is 0.455. The average Bonchev–Trinajstić information content (AvgIpc) is 2.70. The van der Waals surface area contributed by atoms with Crippen molar-refractivity contribution in [2.45, 2.75) is 58.2 Å². The highest BCUT2D eigenvalue weighted by atomic mass is 16.3. The second-order valence-electron chi connectivity index (χ2n) is 4.99. The quantitative estimate of drug-likeness (QED) is 0.873. The molecule has 0 aromatic carbocycles. The van der Waals surface area contributed by atoms with E-state index in [-0.39, 0.29) is 0 Å². The number of aromatic nitrogens is 1. The molecule has 1 N–H and O–H groups in total. The van der Waals surface area contributed by atoms with Crippen LogP contribution in [0, 0.1) is 0 Å². The molecule has 17 heavy (non-hydrogen) atoms. The second kappa shape index (κ2) is 5.05. The van der Waals surface area contributed by atoms with Crippen molar-refractivity contribution in [1.29, 1.82) is 0 Å². The Morgan fingerprint density at radius 1 is 1.53 bits per heavy atom. The second-order valence-corrected chi connectivity index (χ2v) is 4.99. The molecule has 1 saturated heterocycles. The monoisotopic (exact) mass is 234 g/mol. The SMILES string of the molecule is CCC1CCC(C)N1c1ncccc1[C@@H](C)O. The molecule has 1 aliphatic rings. The Kier molecular flexibility index (Phi) is 3.67. The average molecular weight is 234 g/mol. The topological polar surface area (TPSA) is 36.4 Å². The van der Waals surface area contributed by atoms with Crippen molar-refractivity contribution in [1.82, 2.24) is 4.98 Å². The van der Waals surface area contributed by atoms with Crippen LogP contribution in [0.15, 0.2) is 18.3 Å². The van der Waals surface area contributed by atoms with Gasteiger partial charge in [0.25, 0.3) is 0 Å². The van der Waals surface area contributed by atoms with E-state index >= 15 is 0 Å². The first kappa shape index (κ1) is 12.4. The predicted molar refractivity (Wildman–Crippen MR) is 70.1 cm³/mol. The molecule has 2 rings (SSSR count). The number of anilines is 1. The summed E-state index contributed by atoms with van der Waals surface area (Å²) in [5.74, 6) is 0.972. The highest BCUT2D eigenvalue weighted by molar-refractivity contribution is 5.50. The molecule has 94 valence electrons. The van der Waals surface area contributed by atoms with E-state index in [1.807, 2.05) is 25.3 Å².